The second kappa shape index (κ2) is 8.17. The van der Waals surface area contributed by atoms with Crippen LogP contribution in [0.2, 0.25) is 5.02 Å². The molecule has 1 aliphatic rings. The van der Waals surface area contributed by atoms with Crippen molar-refractivity contribution in [2.45, 2.75) is 17.9 Å². The van der Waals surface area contributed by atoms with E-state index < -0.39 is 10.0 Å². The van der Waals surface area contributed by atoms with E-state index in [1.165, 1.54) is 6.07 Å². The first kappa shape index (κ1) is 19.7. The molecule has 0 spiro atoms. The standard InChI is InChI=1S/C14H21ClN4O5S/c1-3-18(2)14(20)19-4-5-23-10(8-19)9-24-13-12(15)6-11(7-17-13)25(16,21)22/h6-7,10H,3-5,8-9H2,1-2H3,(H2,16,21,22)/t10-/m0/s1. The lowest BCUT2D eigenvalue weighted by atomic mass is 10.3. The van der Waals surface area contributed by atoms with Gasteiger partial charge in [0.1, 0.15) is 22.6 Å². The van der Waals surface area contributed by atoms with Crippen LogP contribution in [-0.4, -0.2) is 75.2 Å². The van der Waals surface area contributed by atoms with Crippen LogP contribution in [0.5, 0.6) is 5.88 Å². The van der Waals surface area contributed by atoms with Crippen LogP contribution in [0.4, 0.5) is 4.79 Å². The molecule has 140 valence electrons. The van der Waals surface area contributed by atoms with Crippen molar-refractivity contribution >= 4 is 27.7 Å². The summed E-state index contributed by atoms with van der Waals surface area (Å²) in [6, 6.07) is 1.11. The van der Waals surface area contributed by atoms with Crippen molar-refractivity contribution in [3.63, 3.8) is 0 Å². The summed E-state index contributed by atoms with van der Waals surface area (Å²) in [7, 11) is -2.14. The predicted octanol–water partition coefficient (Wildman–Crippen LogP) is 0.534. The zero-order valence-electron chi connectivity index (χ0n) is 14.0. The van der Waals surface area contributed by atoms with Crippen molar-refractivity contribution in [1.29, 1.82) is 0 Å². The average molecular weight is 393 g/mol. The van der Waals surface area contributed by atoms with Crippen LogP contribution in [0, 0.1) is 0 Å². The van der Waals surface area contributed by atoms with E-state index in [-0.39, 0.29) is 34.5 Å². The van der Waals surface area contributed by atoms with Gasteiger partial charge < -0.3 is 19.3 Å². The Morgan fingerprint density at radius 2 is 2.32 bits per heavy atom. The summed E-state index contributed by atoms with van der Waals surface area (Å²) in [5.41, 5.74) is 0. The summed E-state index contributed by atoms with van der Waals surface area (Å²) in [5.74, 6) is 0.0757. The van der Waals surface area contributed by atoms with Gasteiger partial charge in [0, 0.05) is 20.1 Å². The maximum Gasteiger partial charge on any atom is 0.319 e. The number of pyridine rings is 1. The van der Waals surface area contributed by atoms with Crippen molar-refractivity contribution in [2.24, 2.45) is 5.14 Å². The largest absolute Gasteiger partial charge is 0.474 e. The van der Waals surface area contributed by atoms with Gasteiger partial charge in [-0.05, 0) is 13.0 Å². The van der Waals surface area contributed by atoms with Gasteiger partial charge in [0.15, 0.2) is 0 Å². The predicted molar refractivity (Wildman–Crippen MR) is 91.1 cm³/mol. The SMILES string of the molecule is CCN(C)C(=O)N1CCO[C@H](COc2ncc(S(N)(=O)=O)cc2Cl)C1. The number of hydrogen-bond donors (Lipinski definition) is 1. The number of morpholine rings is 1. The molecular weight excluding hydrogens is 372 g/mol. The molecule has 1 aliphatic heterocycles. The van der Waals surface area contributed by atoms with Gasteiger partial charge in [-0.2, -0.15) is 0 Å². The molecule has 0 bridgehead atoms. The molecule has 2 rings (SSSR count). The molecule has 1 atom stereocenters. The van der Waals surface area contributed by atoms with E-state index in [9.17, 15) is 13.2 Å². The van der Waals surface area contributed by atoms with Crippen LogP contribution < -0.4 is 9.88 Å². The second-order valence-corrected chi connectivity index (χ2v) is 7.52. The molecule has 1 fully saturated rings. The van der Waals surface area contributed by atoms with Gasteiger partial charge in [-0.15, -0.1) is 0 Å². The van der Waals surface area contributed by atoms with Crippen LogP contribution >= 0.6 is 11.6 Å². The number of carbonyl (C=O) groups is 1. The maximum atomic E-state index is 12.2. The molecule has 11 heteroatoms. The minimum absolute atomic E-state index is 0.0287. The minimum Gasteiger partial charge on any atom is -0.474 e. The summed E-state index contributed by atoms with van der Waals surface area (Å²) in [4.78, 5) is 19.2. The Kier molecular flexibility index (Phi) is 6.44. The zero-order valence-corrected chi connectivity index (χ0v) is 15.6. The first-order valence-electron chi connectivity index (χ1n) is 7.65. The maximum absolute atomic E-state index is 12.2. The molecule has 2 N–H and O–H groups in total. The highest BCUT2D eigenvalue weighted by atomic mass is 35.5. The van der Waals surface area contributed by atoms with E-state index >= 15 is 0 Å². The first-order chi connectivity index (χ1) is 11.7. The quantitative estimate of drug-likeness (QED) is 0.781. The van der Waals surface area contributed by atoms with Crippen molar-refractivity contribution in [1.82, 2.24) is 14.8 Å². The fraction of sp³-hybridized carbons (Fsp3) is 0.571. The minimum atomic E-state index is -3.88. The fourth-order valence-electron chi connectivity index (χ4n) is 2.21. The number of nitrogens with two attached hydrogens (primary N) is 1. The number of halogens is 1. The molecule has 25 heavy (non-hydrogen) atoms. The topological polar surface area (TPSA) is 115 Å². The lowest BCUT2D eigenvalue weighted by Crippen LogP contribution is -2.51. The number of aromatic nitrogens is 1. The highest BCUT2D eigenvalue weighted by molar-refractivity contribution is 7.89. The number of ether oxygens (including phenoxy) is 2. The average Bonchev–Trinajstić information content (AvgIpc) is 2.58. The lowest BCUT2D eigenvalue weighted by molar-refractivity contribution is -0.0389. The number of sulfonamides is 1. The Balaban J connectivity index is 1.96. The first-order valence-corrected chi connectivity index (χ1v) is 9.57. The number of nitrogens with zero attached hydrogens (tertiary/aromatic N) is 3. The van der Waals surface area contributed by atoms with Crippen LogP contribution in [0.15, 0.2) is 17.2 Å². The van der Waals surface area contributed by atoms with Gasteiger partial charge in [-0.25, -0.2) is 23.3 Å². The number of amides is 2. The number of carbonyl (C=O) groups excluding carboxylic acids is 1. The van der Waals surface area contributed by atoms with Crippen LogP contribution in [0.3, 0.4) is 0 Å². The third-order valence-corrected chi connectivity index (χ3v) is 4.88. The number of hydrogen-bond acceptors (Lipinski definition) is 6. The Labute approximate surface area is 151 Å². The third kappa shape index (κ3) is 5.18. The van der Waals surface area contributed by atoms with Gasteiger partial charge in [0.05, 0.1) is 19.3 Å². The summed E-state index contributed by atoms with van der Waals surface area (Å²) < 4.78 is 33.6. The Hall–Kier alpha value is -1.62. The number of urea groups is 1. The van der Waals surface area contributed by atoms with Crippen molar-refractivity contribution in [3.05, 3.63) is 17.3 Å². The summed E-state index contributed by atoms with van der Waals surface area (Å²) in [5, 5.41) is 5.05. The lowest BCUT2D eigenvalue weighted by Gasteiger charge is -2.34. The molecule has 1 aromatic heterocycles. The van der Waals surface area contributed by atoms with Gasteiger partial charge >= 0.3 is 6.03 Å². The molecule has 2 amide bonds. The molecule has 0 unspecified atom stereocenters. The highest BCUT2D eigenvalue weighted by Crippen LogP contribution is 2.24. The van der Waals surface area contributed by atoms with Gasteiger partial charge in [-0.1, -0.05) is 11.6 Å². The van der Waals surface area contributed by atoms with Crippen molar-refractivity contribution in [3.8, 4) is 5.88 Å². The van der Waals surface area contributed by atoms with Gasteiger partial charge in [0.25, 0.3) is 0 Å². The number of primary sulfonamides is 1. The van der Waals surface area contributed by atoms with Crippen LogP contribution in [0.1, 0.15) is 6.92 Å². The molecular formula is C14H21ClN4O5S. The molecule has 1 saturated heterocycles. The van der Waals surface area contributed by atoms with E-state index in [0.717, 1.165) is 6.20 Å². The summed E-state index contributed by atoms with van der Waals surface area (Å²) >= 11 is 5.97. The van der Waals surface area contributed by atoms with Gasteiger partial charge in [0.2, 0.25) is 15.9 Å². The summed E-state index contributed by atoms with van der Waals surface area (Å²) in [6.07, 6.45) is 0.739. The molecule has 9 nitrogen and oxygen atoms in total. The smallest absolute Gasteiger partial charge is 0.319 e. The monoisotopic (exact) mass is 392 g/mol. The zero-order chi connectivity index (χ0) is 18.6. The molecule has 0 aromatic carbocycles. The normalized spacial score (nSPS) is 18.1. The molecule has 0 radical (unpaired) electrons. The van der Waals surface area contributed by atoms with E-state index in [0.29, 0.717) is 26.2 Å². The molecule has 2 heterocycles. The van der Waals surface area contributed by atoms with Gasteiger partial charge in [-0.3, -0.25) is 0 Å². The Bertz CT molecular complexity index is 730. The Morgan fingerprint density at radius 3 is 2.92 bits per heavy atom. The fourth-order valence-corrected chi connectivity index (χ4v) is 2.98. The van der Waals surface area contributed by atoms with Crippen LogP contribution in [-0.2, 0) is 14.8 Å². The van der Waals surface area contributed by atoms with Crippen LogP contribution in [0.25, 0.3) is 0 Å². The molecule has 0 saturated carbocycles. The van der Waals surface area contributed by atoms with E-state index in [2.05, 4.69) is 4.98 Å². The van der Waals surface area contributed by atoms with Crippen molar-refractivity contribution < 1.29 is 22.7 Å². The Morgan fingerprint density at radius 1 is 1.60 bits per heavy atom. The second-order valence-electron chi connectivity index (χ2n) is 5.55. The summed E-state index contributed by atoms with van der Waals surface area (Å²) in [6.45, 7) is 3.95. The van der Waals surface area contributed by atoms with E-state index in [1.54, 1.807) is 16.8 Å². The van der Waals surface area contributed by atoms with Crippen molar-refractivity contribution in [2.75, 3.05) is 39.9 Å². The number of rotatable bonds is 5. The van der Waals surface area contributed by atoms with E-state index in [4.69, 9.17) is 26.2 Å². The van der Waals surface area contributed by atoms with E-state index in [1.807, 2.05) is 6.92 Å². The molecule has 0 aliphatic carbocycles. The third-order valence-electron chi connectivity index (χ3n) is 3.73. The highest BCUT2D eigenvalue weighted by Gasteiger charge is 2.26. The molecule has 1 aromatic rings.